The number of amides is 1. The van der Waals surface area contributed by atoms with Gasteiger partial charge in [-0.3, -0.25) is 4.79 Å². The number of hydrogen-bond acceptors (Lipinski definition) is 6. The lowest BCUT2D eigenvalue weighted by molar-refractivity contribution is -0.118. The minimum atomic E-state index is -3.79. The number of carbonyl (C=O) groups excluding carboxylic acids is 2. The molecule has 0 radical (unpaired) electrons. The molecule has 8 nitrogen and oxygen atoms in total. The summed E-state index contributed by atoms with van der Waals surface area (Å²) >= 11 is 0. The molecule has 0 fully saturated rings. The van der Waals surface area contributed by atoms with E-state index in [0.29, 0.717) is 22.6 Å². The second kappa shape index (κ2) is 7.14. The van der Waals surface area contributed by atoms with E-state index in [1.807, 2.05) is 0 Å². The number of rotatable bonds is 5. The third kappa shape index (κ3) is 3.84. The van der Waals surface area contributed by atoms with E-state index in [4.69, 9.17) is 4.74 Å². The van der Waals surface area contributed by atoms with Gasteiger partial charge in [-0.25, -0.2) is 17.9 Å². The summed E-state index contributed by atoms with van der Waals surface area (Å²) in [4.78, 5) is 22.8. The minimum Gasteiger partial charge on any atom is -0.482 e. The molecule has 1 aliphatic rings. The third-order valence-electron chi connectivity index (χ3n) is 3.74. The van der Waals surface area contributed by atoms with Crippen molar-refractivity contribution in [2.45, 2.75) is 11.4 Å². The highest BCUT2D eigenvalue weighted by Crippen LogP contribution is 2.30. The zero-order chi connectivity index (χ0) is 18.7. The van der Waals surface area contributed by atoms with Crippen LogP contribution in [0, 0.1) is 0 Å². The molecule has 0 saturated carbocycles. The van der Waals surface area contributed by atoms with Crippen molar-refractivity contribution in [3.63, 3.8) is 0 Å². The van der Waals surface area contributed by atoms with Crippen LogP contribution in [-0.2, 0) is 26.1 Å². The fourth-order valence-electron chi connectivity index (χ4n) is 2.37. The highest BCUT2D eigenvalue weighted by atomic mass is 32.2. The van der Waals surface area contributed by atoms with Crippen molar-refractivity contribution >= 4 is 27.6 Å². The Balaban J connectivity index is 1.72. The highest BCUT2D eigenvalue weighted by molar-refractivity contribution is 7.89. The molecule has 1 aliphatic heterocycles. The van der Waals surface area contributed by atoms with Crippen LogP contribution in [0.4, 0.5) is 5.69 Å². The summed E-state index contributed by atoms with van der Waals surface area (Å²) in [5.74, 6) is -0.386. The SMILES string of the molecule is COC(=O)c1ccc(CNS(=O)(=O)c2ccc3c(c2)NC(=O)CO3)cc1. The summed E-state index contributed by atoms with van der Waals surface area (Å²) < 4.78 is 37.2. The van der Waals surface area contributed by atoms with Crippen molar-refractivity contribution in [3.05, 3.63) is 53.6 Å². The molecule has 0 aliphatic carbocycles. The number of methoxy groups -OCH3 is 1. The number of benzene rings is 2. The van der Waals surface area contributed by atoms with E-state index in [0.717, 1.165) is 0 Å². The Morgan fingerprint density at radius 3 is 2.65 bits per heavy atom. The van der Waals surface area contributed by atoms with Crippen LogP contribution >= 0.6 is 0 Å². The molecule has 1 heterocycles. The average Bonchev–Trinajstić information content (AvgIpc) is 2.65. The van der Waals surface area contributed by atoms with Crippen LogP contribution in [0.5, 0.6) is 5.75 Å². The number of nitrogens with one attached hydrogen (secondary N) is 2. The van der Waals surface area contributed by atoms with Crippen molar-refractivity contribution in [1.82, 2.24) is 4.72 Å². The molecule has 2 aromatic carbocycles. The summed E-state index contributed by atoms with van der Waals surface area (Å²) in [6.45, 7) is -0.0529. The van der Waals surface area contributed by atoms with Gasteiger partial charge in [0.05, 0.1) is 23.3 Å². The lowest BCUT2D eigenvalue weighted by atomic mass is 10.1. The van der Waals surface area contributed by atoms with Crippen molar-refractivity contribution in [3.8, 4) is 5.75 Å². The largest absolute Gasteiger partial charge is 0.482 e. The Labute approximate surface area is 150 Å². The summed E-state index contributed by atoms with van der Waals surface area (Å²) in [7, 11) is -2.50. The van der Waals surface area contributed by atoms with Gasteiger partial charge in [-0.2, -0.15) is 0 Å². The van der Waals surface area contributed by atoms with Crippen LogP contribution in [-0.4, -0.2) is 34.0 Å². The Kier molecular flexibility index (Phi) is 4.92. The van der Waals surface area contributed by atoms with Crippen molar-refractivity contribution in [2.24, 2.45) is 0 Å². The first-order valence-electron chi connectivity index (χ1n) is 7.63. The molecule has 0 aromatic heterocycles. The van der Waals surface area contributed by atoms with Crippen LogP contribution < -0.4 is 14.8 Å². The van der Waals surface area contributed by atoms with E-state index in [1.165, 1.54) is 25.3 Å². The van der Waals surface area contributed by atoms with E-state index in [2.05, 4.69) is 14.8 Å². The lowest BCUT2D eigenvalue weighted by Crippen LogP contribution is -2.27. The molecule has 0 unspecified atom stereocenters. The number of esters is 1. The first kappa shape index (κ1) is 17.9. The van der Waals surface area contributed by atoms with Gasteiger partial charge in [0.1, 0.15) is 5.75 Å². The molecule has 26 heavy (non-hydrogen) atoms. The van der Waals surface area contributed by atoms with Gasteiger partial charge >= 0.3 is 5.97 Å². The molecule has 136 valence electrons. The Hall–Kier alpha value is -2.91. The van der Waals surface area contributed by atoms with Crippen molar-refractivity contribution in [2.75, 3.05) is 19.0 Å². The zero-order valence-electron chi connectivity index (χ0n) is 13.8. The van der Waals surface area contributed by atoms with E-state index in [1.54, 1.807) is 24.3 Å². The lowest BCUT2D eigenvalue weighted by Gasteiger charge is -2.18. The number of sulfonamides is 1. The van der Waals surface area contributed by atoms with Gasteiger partial charge in [0, 0.05) is 6.54 Å². The summed E-state index contributed by atoms with van der Waals surface area (Å²) in [5.41, 5.74) is 1.37. The fourth-order valence-corrected chi connectivity index (χ4v) is 3.41. The fraction of sp³-hybridized carbons (Fsp3) is 0.176. The van der Waals surface area contributed by atoms with Gasteiger partial charge in [0.25, 0.3) is 5.91 Å². The molecule has 1 amide bonds. The molecular weight excluding hydrogens is 360 g/mol. The number of hydrogen-bond donors (Lipinski definition) is 2. The molecular formula is C17H16N2O6S. The maximum absolute atomic E-state index is 12.5. The van der Waals surface area contributed by atoms with E-state index < -0.39 is 16.0 Å². The predicted octanol–water partition coefficient (Wildman–Crippen LogP) is 1.28. The van der Waals surface area contributed by atoms with Crippen LogP contribution in [0.3, 0.4) is 0 Å². The highest BCUT2D eigenvalue weighted by Gasteiger charge is 2.20. The topological polar surface area (TPSA) is 111 Å². The van der Waals surface area contributed by atoms with Crippen molar-refractivity contribution in [1.29, 1.82) is 0 Å². The summed E-state index contributed by atoms with van der Waals surface area (Å²) in [6.07, 6.45) is 0. The maximum atomic E-state index is 12.5. The molecule has 0 saturated heterocycles. The third-order valence-corrected chi connectivity index (χ3v) is 5.13. The molecule has 0 bridgehead atoms. The molecule has 2 aromatic rings. The van der Waals surface area contributed by atoms with E-state index >= 15 is 0 Å². The Morgan fingerprint density at radius 2 is 1.96 bits per heavy atom. The number of anilines is 1. The normalized spacial score (nSPS) is 13.3. The van der Waals surface area contributed by atoms with E-state index in [9.17, 15) is 18.0 Å². The monoisotopic (exact) mass is 376 g/mol. The van der Waals surface area contributed by atoms with Crippen LogP contribution in [0.1, 0.15) is 15.9 Å². The number of fused-ring (bicyclic) bond motifs is 1. The Morgan fingerprint density at radius 1 is 1.23 bits per heavy atom. The van der Waals surface area contributed by atoms with Crippen LogP contribution in [0.2, 0.25) is 0 Å². The van der Waals surface area contributed by atoms with Gasteiger partial charge in [-0.15, -0.1) is 0 Å². The van der Waals surface area contributed by atoms with Crippen LogP contribution in [0.25, 0.3) is 0 Å². The standard InChI is InChI=1S/C17H16N2O6S/c1-24-17(21)12-4-2-11(3-5-12)9-18-26(22,23)13-6-7-15-14(8-13)19-16(20)10-25-15/h2-8,18H,9-10H2,1H3,(H,19,20). The Bertz CT molecular complexity index is 954. The molecule has 2 N–H and O–H groups in total. The smallest absolute Gasteiger partial charge is 0.337 e. The second-order valence-electron chi connectivity index (χ2n) is 5.51. The van der Waals surface area contributed by atoms with Gasteiger partial charge in [-0.1, -0.05) is 12.1 Å². The maximum Gasteiger partial charge on any atom is 0.337 e. The van der Waals surface area contributed by atoms with E-state index in [-0.39, 0.29) is 24.0 Å². The molecule has 0 atom stereocenters. The van der Waals surface area contributed by atoms with Gasteiger partial charge in [0.15, 0.2) is 6.61 Å². The summed E-state index contributed by atoms with van der Waals surface area (Å²) in [5, 5.41) is 2.57. The van der Waals surface area contributed by atoms with Gasteiger partial charge in [-0.05, 0) is 35.9 Å². The average molecular weight is 376 g/mol. The number of carbonyl (C=O) groups is 2. The minimum absolute atomic E-state index is 0.00762. The first-order valence-corrected chi connectivity index (χ1v) is 9.11. The first-order chi connectivity index (χ1) is 12.4. The molecule has 3 rings (SSSR count). The predicted molar refractivity (Wildman–Crippen MR) is 92.4 cm³/mol. The molecule has 0 spiro atoms. The van der Waals surface area contributed by atoms with Crippen LogP contribution in [0.15, 0.2) is 47.4 Å². The quantitative estimate of drug-likeness (QED) is 0.761. The molecule has 9 heteroatoms. The van der Waals surface area contributed by atoms with Gasteiger partial charge < -0.3 is 14.8 Å². The van der Waals surface area contributed by atoms with Crippen molar-refractivity contribution < 1.29 is 27.5 Å². The summed E-state index contributed by atoms with van der Waals surface area (Å²) in [6, 6.07) is 10.6. The second-order valence-corrected chi connectivity index (χ2v) is 7.27. The zero-order valence-corrected chi connectivity index (χ0v) is 14.6. The van der Waals surface area contributed by atoms with Gasteiger partial charge in [0.2, 0.25) is 10.0 Å². The number of ether oxygens (including phenoxy) is 2.